The Hall–Kier alpha value is -2.91. The number of anilines is 1. The van der Waals surface area contributed by atoms with Crippen LogP contribution >= 0.6 is 23.2 Å². The smallest absolute Gasteiger partial charge is 0.344 e. The van der Waals surface area contributed by atoms with E-state index in [2.05, 4.69) is 20.3 Å². The molecule has 0 aliphatic rings. The summed E-state index contributed by atoms with van der Waals surface area (Å²) in [5.74, 6) is 0.743. The van der Waals surface area contributed by atoms with Gasteiger partial charge in [0.25, 0.3) is 0 Å². The zero-order valence-electron chi connectivity index (χ0n) is 14.8. The molecule has 28 heavy (non-hydrogen) atoms. The van der Waals surface area contributed by atoms with E-state index in [9.17, 15) is 4.79 Å². The maximum absolute atomic E-state index is 11.8. The van der Waals surface area contributed by atoms with Crippen LogP contribution < -0.4 is 10.5 Å². The van der Waals surface area contributed by atoms with Gasteiger partial charge in [-0.2, -0.15) is 0 Å². The average molecular weight is 423 g/mol. The first-order chi connectivity index (χ1) is 13.4. The van der Waals surface area contributed by atoms with Gasteiger partial charge >= 0.3 is 5.97 Å². The molecule has 11 heteroatoms. The molecule has 2 aromatic heterocycles. The summed E-state index contributed by atoms with van der Waals surface area (Å²) in [4.78, 5) is 20.0. The average Bonchev–Trinajstić information content (AvgIpc) is 3.09. The molecule has 0 fully saturated rings. The van der Waals surface area contributed by atoms with Gasteiger partial charge in [-0.3, -0.25) is 0 Å². The fourth-order valence-corrected chi connectivity index (χ4v) is 2.68. The van der Waals surface area contributed by atoms with Crippen molar-refractivity contribution >= 4 is 35.0 Å². The monoisotopic (exact) mass is 422 g/mol. The normalized spacial score (nSPS) is 10.7. The SMILES string of the molecule is Cc1ncc(Cn2cc(COC(=O)COc3ccc(Cl)cc3Cl)nn2)c(N)n1. The molecule has 0 atom stereocenters. The molecule has 0 saturated carbocycles. The summed E-state index contributed by atoms with van der Waals surface area (Å²) in [7, 11) is 0. The van der Waals surface area contributed by atoms with Gasteiger partial charge in [0.1, 0.15) is 29.7 Å². The number of rotatable bonds is 7. The van der Waals surface area contributed by atoms with Gasteiger partial charge in [0, 0.05) is 16.8 Å². The first-order valence-corrected chi connectivity index (χ1v) is 8.87. The second-order valence-electron chi connectivity index (χ2n) is 5.76. The zero-order valence-corrected chi connectivity index (χ0v) is 16.3. The number of carbonyl (C=O) groups excluding carboxylic acids is 1. The molecule has 0 bridgehead atoms. The predicted molar refractivity (Wildman–Crippen MR) is 102 cm³/mol. The van der Waals surface area contributed by atoms with E-state index < -0.39 is 5.97 Å². The number of hydrogen-bond acceptors (Lipinski definition) is 8. The number of carbonyl (C=O) groups is 1. The third-order valence-corrected chi connectivity index (χ3v) is 4.09. The van der Waals surface area contributed by atoms with Gasteiger partial charge in [0.15, 0.2) is 6.61 Å². The molecule has 0 aliphatic carbocycles. The summed E-state index contributed by atoms with van der Waals surface area (Å²) in [6, 6.07) is 4.70. The topological polar surface area (TPSA) is 118 Å². The number of aryl methyl sites for hydroxylation is 1. The van der Waals surface area contributed by atoms with Crippen molar-refractivity contribution in [2.45, 2.75) is 20.1 Å². The third kappa shape index (κ3) is 5.30. The van der Waals surface area contributed by atoms with E-state index in [1.165, 1.54) is 6.07 Å². The van der Waals surface area contributed by atoms with Gasteiger partial charge in [-0.05, 0) is 25.1 Å². The van der Waals surface area contributed by atoms with Crippen LogP contribution in [0.2, 0.25) is 10.0 Å². The molecule has 3 aromatic rings. The number of ether oxygens (including phenoxy) is 2. The maximum Gasteiger partial charge on any atom is 0.344 e. The minimum Gasteiger partial charge on any atom is -0.480 e. The van der Waals surface area contributed by atoms with E-state index >= 15 is 0 Å². The summed E-state index contributed by atoms with van der Waals surface area (Å²) in [6.07, 6.45) is 3.28. The maximum atomic E-state index is 11.8. The molecular weight excluding hydrogens is 407 g/mol. The first kappa shape index (κ1) is 19.8. The van der Waals surface area contributed by atoms with Crippen molar-refractivity contribution in [3.8, 4) is 5.75 Å². The highest BCUT2D eigenvalue weighted by molar-refractivity contribution is 6.35. The lowest BCUT2D eigenvalue weighted by Crippen LogP contribution is -2.15. The van der Waals surface area contributed by atoms with Crippen molar-refractivity contribution < 1.29 is 14.3 Å². The molecular formula is C17H16Cl2N6O3. The summed E-state index contributed by atoms with van der Waals surface area (Å²) in [5, 5.41) is 8.70. The van der Waals surface area contributed by atoms with E-state index in [0.717, 1.165) is 0 Å². The standard InChI is InChI=1S/C17H16Cl2N6O3/c1-10-21-5-11(17(20)22-10)6-25-7-13(23-24-25)8-28-16(26)9-27-15-3-2-12(18)4-14(15)19/h2-5,7H,6,8-9H2,1H3,(H2,20,21,22). The lowest BCUT2D eigenvalue weighted by Gasteiger charge is -2.07. The van der Waals surface area contributed by atoms with Gasteiger partial charge in [0.05, 0.1) is 17.8 Å². The predicted octanol–water partition coefficient (Wildman–Crippen LogP) is 2.44. The Bertz CT molecular complexity index is 995. The first-order valence-electron chi connectivity index (χ1n) is 8.11. The van der Waals surface area contributed by atoms with Crippen molar-refractivity contribution in [2.24, 2.45) is 0 Å². The Morgan fingerprint density at radius 1 is 1.32 bits per heavy atom. The summed E-state index contributed by atoms with van der Waals surface area (Å²) in [6.45, 7) is 1.76. The van der Waals surface area contributed by atoms with Crippen molar-refractivity contribution in [1.29, 1.82) is 0 Å². The van der Waals surface area contributed by atoms with Gasteiger partial charge < -0.3 is 15.2 Å². The number of aromatic nitrogens is 5. The number of nitrogens with zero attached hydrogens (tertiary/aromatic N) is 5. The number of nitrogen functional groups attached to an aromatic ring is 1. The van der Waals surface area contributed by atoms with Crippen LogP contribution in [-0.2, 0) is 22.7 Å². The molecule has 0 unspecified atom stereocenters. The van der Waals surface area contributed by atoms with Gasteiger partial charge in [-0.25, -0.2) is 19.4 Å². The summed E-state index contributed by atoms with van der Waals surface area (Å²) < 4.78 is 12.0. The quantitative estimate of drug-likeness (QED) is 0.576. The third-order valence-electron chi connectivity index (χ3n) is 3.56. The highest BCUT2D eigenvalue weighted by Gasteiger charge is 2.10. The van der Waals surface area contributed by atoms with Crippen LogP contribution in [-0.4, -0.2) is 37.5 Å². The molecule has 0 saturated heterocycles. The van der Waals surface area contributed by atoms with Gasteiger partial charge in [-0.1, -0.05) is 28.4 Å². The highest BCUT2D eigenvalue weighted by Crippen LogP contribution is 2.27. The second-order valence-corrected chi connectivity index (χ2v) is 6.60. The number of esters is 1. The molecule has 2 heterocycles. The molecule has 0 spiro atoms. The zero-order chi connectivity index (χ0) is 20.1. The lowest BCUT2D eigenvalue weighted by molar-refractivity contribution is -0.147. The van der Waals surface area contributed by atoms with Crippen LogP contribution in [0.3, 0.4) is 0 Å². The largest absolute Gasteiger partial charge is 0.480 e. The van der Waals surface area contributed by atoms with Crippen LogP contribution in [0.25, 0.3) is 0 Å². The fraction of sp³-hybridized carbons (Fsp3) is 0.235. The highest BCUT2D eigenvalue weighted by atomic mass is 35.5. The Morgan fingerprint density at radius 2 is 2.14 bits per heavy atom. The van der Waals surface area contributed by atoms with E-state index in [0.29, 0.717) is 45.2 Å². The Morgan fingerprint density at radius 3 is 2.89 bits per heavy atom. The van der Waals surface area contributed by atoms with Crippen LogP contribution in [0.5, 0.6) is 5.75 Å². The Balaban J connectivity index is 1.49. The van der Waals surface area contributed by atoms with Crippen LogP contribution in [0.1, 0.15) is 17.1 Å². The number of halogens is 2. The van der Waals surface area contributed by atoms with E-state index in [1.54, 1.807) is 36.1 Å². The molecule has 0 aliphatic heterocycles. The lowest BCUT2D eigenvalue weighted by atomic mass is 10.3. The van der Waals surface area contributed by atoms with Crippen molar-refractivity contribution in [3.63, 3.8) is 0 Å². The fourth-order valence-electron chi connectivity index (χ4n) is 2.22. The second kappa shape index (κ2) is 8.85. The minimum atomic E-state index is -0.572. The minimum absolute atomic E-state index is 0.0452. The van der Waals surface area contributed by atoms with E-state index in [-0.39, 0.29) is 13.2 Å². The Labute approximate surface area is 170 Å². The van der Waals surface area contributed by atoms with Crippen LogP contribution in [0.4, 0.5) is 5.82 Å². The number of benzene rings is 1. The molecule has 1 aromatic carbocycles. The van der Waals surface area contributed by atoms with Crippen LogP contribution in [0, 0.1) is 6.92 Å². The van der Waals surface area contributed by atoms with E-state index in [1.807, 2.05) is 0 Å². The number of hydrogen-bond donors (Lipinski definition) is 1. The summed E-state index contributed by atoms with van der Waals surface area (Å²) in [5.41, 5.74) is 7.05. The van der Waals surface area contributed by atoms with E-state index in [4.69, 9.17) is 38.4 Å². The van der Waals surface area contributed by atoms with Crippen molar-refractivity contribution in [3.05, 3.63) is 57.7 Å². The van der Waals surface area contributed by atoms with Crippen molar-refractivity contribution in [1.82, 2.24) is 25.0 Å². The van der Waals surface area contributed by atoms with Gasteiger partial charge in [-0.15, -0.1) is 5.10 Å². The van der Waals surface area contributed by atoms with Crippen molar-refractivity contribution in [2.75, 3.05) is 12.3 Å². The molecule has 9 nitrogen and oxygen atoms in total. The molecule has 2 N–H and O–H groups in total. The van der Waals surface area contributed by atoms with Crippen LogP contribution in [0.15, 0.2) is 30.6 Å². The molecule has 146 valence electrons. The number of nitrogens with two attached hydrogens (primary N) is 1. The molecule has 0 radical (unpaired) electrons. The summed E-state index contributed by atoms with van der Waals surface area (Å²) >= 11 is 11.8. The molecule has 0 amide bonds. The Kier molecular flexibility index (Phi) is 6.27. The van der Waals surface area contributed by atoms with Gasteiger partial charge in [0.2, 0.25) is 0 Å². The molecule has 3 rings (SSSR count).